The molecule has 0 rings (SSSR count). The molecule has 15 heavy (non-hydrogen) atoms. The van der Waals surface area contributed by atoms with Crippen LogP contribution in [0.1, 0.15) is 40.5 Å². The highest BCUT2D eigenvalue weighted by Gasteiger charge is 2.09. The Morgan fingerprint density at radius 2 is 1.87 bits per heavy atom. The van der Waals surface area contributed by atoms with Gasteiger partial charge in [-0.15, -0.1) is 0 Å². The Balaban J connectivity index is 3.36. The minimum atomic E-state index is -0.0603. The molecule has 0 aromatic carbocycles. The fraction of sp³-hybridized carbons (Fsp3) is 1.00. The van der Waals surface area contributed by atoms with Crippen molar-refractivity contribution in [3.8, 4) is 0 Å². The van der Waals surface area contributed by atoms with E-state index in [1.165, 1.54) is 6.42 Å². The summed E-state index contributed by atoms with van der Waals surface area (Å²) in [6.45, 7) is 10.5. The van der Waals surface area contributed by atoms with Gasteiger partial charge in [0.25, 0.3) is 0 Å². The molecule has 3 nitrogen and oxygen atoms in total. The average molecular weight is 217 g/mol. The van der Waals surface area contributed by atoms with E-state index in [-0.39, 0.29) is 5.60 Å². The van der Waals surface area contributed by atoms with E-state index in [1.54, 1.807) is 0 Å². The van der Waals surface area contributed by atoms with Crippen molar-refractivity contribution in [3.05, 3.63) is 0 Å². The SMILES string of the molecule is CCCC(COCCOC(C)(C)C)NC. The van der Waals surface area contributed by atoms with Crippen LogP contribution in [-0.2, 0) is 9.47 Å². The molecule has 0 aliphatic rings. The molecule has 92 valence electrons. The molecule has 3 heteroatoms. The summed E-state index contributed by atoms with van der Waals surface area (Å²) in [6.07, 6.45) is 2.35. The summed E-state index contributed by atoms with van der Waals surface area (Å²) in [5.74, 6) is 0. The van der Waals surface area contributed by atoms with Gasteiger partial charge in [-0.25, -0.2) is 0 Å². The maximum atomic E-state index is 5.56. The lowest BCUT2D eigenvalue weighted by atomic mass is 10.2. The minimum Gasteiger partial charge on any atom is -0.377 e. The van der Waals surface area contributed by atoms with Crippen LogP contribution >= 0.6 is 0 Å². The van der Waals surface area contributed by atoms with Crippen molar-refractivity contribution in [2.75, 3.05) is 26.9 Å². The van der Waals surface area contributed by atoms with Crippen molar-refractivity contribution in [2.24, 2.45) is 0 Å². The largest absolute Gasteiger partial charge is 0.377 e. The van der Waals surface area contributed by atoms with Gasteiger partial charge in [0.05, 0.1) is 25.4 Å². The van der Waals surface area contributed by atoms with Gasteiger partial charge in [0.15, 0.2) is 0 Å². The predicted octanol–water partition coefficient (Wildman–Crippen LogP) is 2.21. The predicted molar refractivity (Wildman–Crippen MR) is 64.3 cm³/mol. The lowest BCUT2D eigenvalue weighted by Gasteiger charge is -2.20. The Morgan fingerprint density at radius 3 is 2.33 bits per heavy atom. The quantitative estimate of drug-likeness (QED) is 0.632. The van der Waals surface area contributed by atoms with Gasteiger partial charge in [-0.3, -0.25) is 0 Å². The van der Waals surface area contributed by atoms with E-state index < -0.39 is 0 Å². The van der Waals surface area contributed by atoms with Crippen LogP contribution in [0.3, 0.4) is 0 Å². The Kier molecular flexibility index (Phi) is 8.02. The van der Waals surface area contributed by atoms with Gasteiger partial charge < -0.3 is 14.8 Å². The molecule has 0 bridgehead atoms. The molecule has 0 aliphatic carbocycles. The number of ether oxygens (including phenoxy) is 2. The first-order chi connectivity index (χ1) is 6.99. The topological polar surface area (TPSA) is 30.5 Å². The Morgan fingerprint density at radius 1 is 1.20 bits per heavy atom. The van der Waals surface area contributed by atoms with Gasteiger partial charge in [-0.2, -0.15) is 0 Å². The molecule has 0 heterocycles. The van der Waals surface area contributed by atoms with Crippen LogP contribution in [0.5, 0.6) is 0 Å². The van der Waals surface area contributed by atoms with Crippen LogP contribution in [0.15, 0.2) is 0 Å². The molecule has 1 atom stereocenters. The van der Waals surface area contributed by atoms with E-state index in [0.717, 1.165) is 13.0 Å². The number of likely N-dealkylation sites (N-methyl/N-ethyl adjacent to an activating group) is 1. The maximum Gasteiger partial charge on any atom is 0.0707 e. The molecule has 0 fully saturated rings. The monoisotopic (exact) mass is 217 g/mol. The summed E-state index contributed by atoms with van der Waals surface area (Å²) >= 11 is 0. The van der Waals surface area contributed by atoms with Crippen LogP contribution in [0.2, 0.25) is 0 Å². The third kappa shape index (κ3) is 10.2. The van der Waals surface area contributed by atoms with Gasteiger partial charge in [0.2, 0.25) is 0 Å². The Labute approximate surface area is 94.5 Å². The average Bonchev–Trinajstić information content (AvgIpc) is 2.14. The Bertz CT molecular complexity index is 143. The van der Waals surface area contributed by atoms with Crippen LogP contribution < -0.4 is 5.32 Å². The van der Waals surface area contributed by atoms with E-state index in [4.69, 9.17) is 9.47 Å². The summed E-state index contributed by atoms with van der Waals surface area (Å²) in [5, 5.41) is 3.24. The molecule has 0 aromatic rings. The van der Waals surface area contributed by atoms with E-state index in [1.807, 2.05) is 7.05 Å². The summed E-state index contributed by atoms with van der Waals surface area (Å²) in [6, 6.07) is 0.477. The fourth-order valence-electron chi connectivity index (χ4n) is 1.29. The minimum absolute atomic E-state index is 0.0603. The van der Waals surface area contributed by atoms with E-state index in [2.05, 4.69) is 33.0 Å². The van der Waals surface area contributed by atoms with Crippen molar-refractivity contribution in [1.29, 1.82) is 0 Å². The molecule has 0 amide bonds. The summed E-state index contributed by atoms with van der Waals surface area (Å²) in [5.41, 5.74) is -0.0603. The van der Waals surface area contributed by atoms with Crippen LogP contribution in [0, 0.1) is 0 Å². The second-order valence-corrected chi connectivity index (χ2v) is 4.81. The summed E-state index contributed by atoms with van der Waals surface area (Å²) in [7, 11) is 1.98. The third-order valence-electron chi connectivity index (χ3n) is 2.13. The van der Waals surface area contributed by atoms with E-state index in [9.17, 15) is 0 Å². The van der Waals surface area contributed by atoms with E-state index >= 15 is 0 Å². The fourth-order valence-corrected chi connectivity index (χ4v) is 1.29. The van der Waals surface area contributed by atoms with Gasteiger partial charge in [0, 0.05) is 6.04 Å². The van der Waals surface area contributed by atoms with Gasteiger partial charge in [-0.1, -0.05) is 13.3 Å². The first-order valence-corrected chi connectivity index (χ1v) is 5.88. The van der Waals surface area contributed by atoms with Crippen LogP contribution in [-0.4, -0.2) is 38.5 Å². The second kappa shape index (κ2) is 8.08. The summed E-state index contributed by atoms with van der Waals surface area (Å²) in [4.78, 5) is 0. The first-order valence-electron chi connectivity index (χ1n) is 5.88. The molecule has 0 saturated heterocycles. The normalized spacial score (nSPS) is 14.2. The van der Waals surface area contributed by atoms with Crippen molar-refractivity contribution in [2.45, 2.75) is 52.2 Å². The molecule has 0 saturated carbocycles. The standard InChI is InChI=1S/C12H27NO2/c1-6-7-11(13-5)10-14-8-9-15-12(2,3)4/h11,13H,6-10H2,1-5H3. The number of nitrogens with one attached hydrogen (secondary N) is 1. The number of hydrogen-bond acceptors (Lipinski definition) is 3. The maximum absolute atomic E-state index is 5.56. The zero-order chi connectivity index (χ0) is 11.7. The highest BCUT2D eigenvalue weighted by atomic mass is 16.5. The van der Waals surface area contributed by atoms with Crippen molar-refractivity contribution < 1.29 is 9.47 Å². The molecular weight excluding hydrogens is 190 g/mol. The van der Waals surface area contributed by atoms with Gasteiger partial charge >= 0.3 is 0 Å². The van der Waals surface area contributed by atoms with Crippen molar-refractivity contribution in [3.63, 3.8) is 0 Å². The van der Waals surface area contributed by atoms with E-state index in [0.29, 0.717) is 19.3 Å². The molecule has 1 unspecified atom stereocenters. The molecule has 1 N–H and O–H groups in total. The third-order valence-corrected chi connectivity index (χ3v) is 2.13. The molecule has 0 aliphatic heterocycles. The lowest BCUT2D eigenvalue weighted by Crippen LogP contribution is -2.31. The molecule has 0 spiro atoms. The lowest BCUT2D eigenvalue weighted by molar-refractivity contribution is -0.0373. The van der Waals surface area contributed by atoms with Crippen molar-refractivity contribution >= 4 is 0 Å². The molecular formula is C12H27NO2. The highest BCUT2D eigenvalue weighted by Crippen LogP contribution is 2.05. The molecule has 0 radical (unpaired) electrons. The van der Waals surface area contributed by atoms with Crippen molar-refractivity contribution in [1.82, 2.24) is 5.32 Å². The first kappa shape index (κ1) is 14.9. The molecule has 0 aromatic heterocycles. The second-order valence-electron chi connectivity index (χ2n) is 4.81. The zero-order valence-corrected chi connectivity index (χ0v) is 10.9. The highest BCUT2D eigenvalue weighted by molar-refractivity contribution is 4.62. The summed E-state index contributed by atoms with van der Waals surface area (Å²) < 4.78 is 11.1. The number of hydrogen-bond donors (Lipinski definition) is 1. The van der Waals surface area contributed by atoms with Crippen LogP contribution in [0.4, 0.5) is 0 Å². The number of rotatable bonds is 8. The van der Waals surface area contributed by atoms with Crippen LogP contribution in [0.25, 0.3) is 0 Å². The zero-order valence-electron chi connectivity index (χ0n) is 10.9. The Hall–Kier alpha value is -0.120. The smallest absolute Gasteiger partial charge is 0.0707 e. The van der Waals surface area contributed by atoms with Gasteiger partial charge in [-0.05, 0) is 34.2 Å². The van der Waals surface area contributed by atoms with Gasteiger partial charge in [0.1, 0.15) is 0 Å².